The summed E-state index contributed by atoms with van der Waals surface area (Å²) in [5, 5.41) is 7.51. The lowest BCUT2D eigenvalue weighted by molar-refractivity contribution is -0.121. The first-order valence-electron chi connectivity index (χ1n) is 6.77. The summed E-state index contributed by atoms with van der Waals surface area (Å²) in [6.45, 7) is 3.65. The average Bonchev–Trinajstić information content (AvgIpc) is 2.50. The fourth-order valence-corrected chi connectivity index (χ4v) is 2.15. The fourth-order valence-electron chi connectivity index (χ4n) is 2.15. The van der Waals surface area contributed by atoms with Crippen molar-refractivity contribution in [2.24, 2.45) is 5.73 Å². The summed E-state index contributed by atoms with van der Waals surface area (Å²) in [6.07, 6.45) is 0.939. The van der Waals surface area contributed by atoms with Crippen LogP contribution in [0, 0.1) is 0 Å². The third-order valence-electron chi connectivity index (χ3n) is 3.79. The molecule has 1 aromatic carbocycles. The topological polar surface area (TPSA) is 121 Å². The summed E-state index contributed by atoms with van der Waals surface area (Å²) in [4.78, 5) is 35.9. The number of benzene rings is 1. The van der Waals surface area contributed by atoms with Crippen LogP contribution in [0.4, 0.5) is 5.69 Å². The van der Waals surface area contributed by atoms with Crippen molar-refractivity contribution in [3.05, 3.63) is 38.9 Å². The average molecular weight is 290 g/mol. The predicted molar refractivity (Wildman–Crippen MR) is 81.3 cm³/mol. The minimum Gasteiger partial charge on any atom is -0.324 e. The Morgan fingerprint density at radius 3 is 2.43 bits per heavy atom. The fraction of sp³-hybridized carbons (Fsp3) is 0.357. The van der Waals surface area contributed by atoms with Crippen LogP contribution in [0.3, 0.4) is 0 Å². The normalized spacial score (nSPS) is 11.6. The molecule has 5 N–H and O–H groups in total. The standard InChI is InChI=1S/C14H18N4O3/c1-3-14(15,4-2)13(21)16-9-7-5-6-8-10(9)12(20)18-17-11(8)19/h5-7H,3-4,15H2,1-2H3,(H,16,21)(H,17,19)(H,18,20). The second-order valence-corrected chi connectivity index (χ2v) is 4.95. The zero-order chi connectivity index (χ0) is 15.6. The van der Waals surface area contributed by atoms with Gasteiger partial charge in [0.25, 0.3) is 11.1 Å². The summed E-state index contributed by atoms with van der Waals surface area (Å²) in [7, 11) is 0. The van der Waals surface area contributed by atoms with Crippen LogP contribution in [-0.2, 0) is 4.79 Å². The van der Waals surface area contributed by atoms with Gasteiger partial charge in [-0.25, -0.2) is 0 Å². The van der Waals surface area contributed by atoms with Gasteiger partial charge >= 0.3 is 0 Å². The Bertz CT molecular complexity index is 787. The molecule has 2 aromatic rings. The van der Waals surface area contributed by atoms with Crippen molar-refractivity contribution in [3.63, 3.8) is 0 Å². The van der Waals surface area contributed by atoms with Crippen molar-refractivity contribution in [2.75, 3.05) is 5.32 Å². The van der Waals surface area contributed by atoms with E-state index in [0.717, 1.165) is 0 Å². The van der Waals surface area contributed by atoms with Crippen LogP contribution < -0.4 is 22.2 Å². The van der Waals surface area contributed by atoms with Gasteiger partial charge in [0, 0.05) is 0 Å². The summed E-state index contributed by atoms with van der Waals surface area (Å²) in [6, 6.07) is 4.69. The van der Waals surface area contributed by atoms with Gasteiger partial charge in [0.05, 0.1) is 22.0 Å². The number of aromatic amines is 2. The number of aromatic nitrogens is 2. The number of carbonyl (C=O) groups excluding carboxylic acids is 1. The molecule has 0 aliphatic rings. The first-order valence-corrected chi connectivity index (χ1v) is 6.77. The molecule has 1 amide bonds. The maximum absolute atomic E-state index is 12.3. The van der Waals surface area contributed by atoms with E-state index >= 15 is 0 Å². The molecule has 7 nitrogen and oxygen atoms in total. The Kier molecular flexibility index (Phi) is 3.95. The molecule has 0 fully saturated rings. The summed E-state index contributed by atoms with van der Waals surface area (Å²) in [5.74, 6) is -0.375. The SMILES string of the molecule is CCC(N)(CC)C(=O)Nc1cccc2c(=O)[nH][nH]c(=O)c12. The van der Waals surface area contributed by atoms with E-state index in [-0.39, 0.29) is 22.4 Å². The van der Waals surface area contributed by atoms with E-state index in [2.05, 4.69) is 15.5 Å². The van der Waals surface area contributed by atoms with Crippen LogP contribution >= 0.6 is 0 Å². The lowest BCUT2D eigenvalue weighted by Gasteiger charge is -2.25. The third kappa shape index (κ3) is 2.59. The number of nitrogens with one attached hydrogen (secondary N) is 3. The molecule has 1 aromatic heterocycles. The Morgan fingerprint density at radius 2 is 1.81 bits per heavy atom. The van der Waals surface area contributed by atoms with Gasteiger partial charge in [-0.15, -0.1) is 0 Å². The van der Waals surface area contributed by atoms with Crippen LogP contribution in [0.25, 0.3) is 10.8 Å². The molecule has 0 saturated heterocycles. The molecule has 0 spiro atoms. The van der Waals surface area contributed by atoms with Crippen LogP contribution in [0.2, 0.25) is 0 Å². The number of nitrogens with two attached hydrogens (primary N) is 1. The Morgan fingerprint density at radius 1 is 1.19 bits per heavy atom. The number of H-pyrrole nitrogens is 2. The van der Waals surface area contributed by atoms with Crippen LogP contribution in [0.1, 0.15) is 26.7 Å². The van der Waals surface area contributed by atoms with E-state index < -0.39 is 16.7 Å². The molecule has 0 atom stereocenters. The first kappa shape index (κ1) is 15.0. The van der Waals surface area contributed by atoms with Crippen LogP contribution in [-0.4, -0.2) is 21.6 Å². The quantitative estimate of drug-likeness (QED) is 0.661. The molecule has 1 heterocycles. The van der Waals surface area contributed by atoms with Gasteiger partial charge < -0.3 is 11.1 Å². The molecule has 0 bridgehead atoms. The van der Waals surface area contributed by atoms with Gasteiger partial charge in [-0.1, -0.05) is 19.9 Å². The maximum Gasteiger partial charge on any atom is 0.272 e. The van der Waals surface area contributed by atoms with Crippen molar-refractivity contribution in [1.29, 1.82) is 0 Å². The van der Waals surface area contributed by atoms with Crippen molar-refractivity contribution in [3.8, 4) is 0 Å². The molecule has 0 aliphatic heterocycles. The summed E-state index contributed by atoms with van der Waals surface area (Å²) < 4.78 is 0. The van der Waals surface area contributed by atoms with Crippen molar-refractivity contribution in [1.82, 2.24) is 10.2 Å². The lowest BCUT2D eigenvalue weighted by Crippen LogP contribution is -2.50. The van der Waals surface area contributed by atoms with Gasteiger partial charge in [0.15, 0.2) is 0 Å². The first-order chi connectivity index (χ1) is 9.92. The van der Waals surface area contributed by atoms with E-state index in [1.807, 2.05) is 13.8 Å². The zero-order valence-electron chi connectivity index (χ0n) is 11.9. The summed E-state index contributed by atoms with van der Waals surface area (Å²) in [5.41, 5.74) is 4.41. The van der Waals surface area contributed by atoms with Crippen molar-refractivity contribution < 1.29 is 4.79 Å². The van der Waals surface area contributed by atoms with E-state index in [1.165, 1.54) is 6.07 Å². The van der Waals surface area contributed by atoms with Gasteiger partial charge in [-0.05, 0) is 25.0 Å². The second kappa shape index (κ2) is 5.53. The van der Waals surface area contributed by atoms with Gasteiger partial charge in [-0.2, -0.15) is 0 Å². The van der Waals surface area contributed by atoms with E-state index in [1.54, 1.807) is 12.1 Å². The monoisotopic (exact) mass is 290 g/mol. The number of anilines is 1. The molecule has 0 saturated carbocycles. The van der Waals surface area contributed by atoms with Crippen LogP contribution in [0.5, 0.6) is 0 Å². The zero-order valence-corrected chi connectivity index (χ0v) is 11.9. The molecular formula is C14H18N4O3. The number of hydrogen-bond acceptors (Lipinski definition) is 4. The molecular weight excluding hydrogens is 272 g/mol. The smallest absolute Gasteiger partial charge is 0.272 e. The Labute approximate surface area is 120 Å². The lowest BCUT2D eigenvalue weighted by atomic mass is 9.93. The minimum atomic E-state index is -1.00. The van der Waals surface area contributed by atoms with E-state index in [9.17, 15) is 14.4 Å². The number of rotatable bonds is 4. The molecule has 7 heteroatoms. The third-order valence-corrected chi connectivity index (χ3v) is 3.79. The molecule has 112 valence electrons. The highest BCUT2D eigenvalue weighted by Gasteiger charge is 2.30. The van der Waals surface area contributed by atoms with E-state index in [0.29, 0.717) is 12.8 Å². The molecule has 0 aliphatic carbocycles. The minimum absolute atomic E-state index is 0.143. The number of amides is 1. The van der Waals surface area contributed by atoms with E-state index in [4.69, 9.17) is 5.73 Å². The van der Waals surface area contributed by atoms with Crippen molar-refractivity contribution >= 4 is 22.4 Å². The summed E-state index contributed by atoms with van der Waals surface area (Å²) >= 11 is 0. The molecule has 0 radical (unpaired) electrons. The van der Waals surface area contributed by atoms with Gasteiger partial charge in [-0.3, -0.25) is 24.6 Å². The Balaban J connectivity index is 2.54. The largest absolute Gasteiger partial charge is 0.324 e. The highest BCUT2D eigenvalue weighted by atomic mass is 16.2. The van der Waals surface area contributed by atoms with Gasteiger partial charge in [0.1, 0.15) is 0 Å². The van der Waals surface area contributed by atoms with Crippen LogP contribution in [0.15, 0.2) is 27.8 Å². The number of hydrogen-bond donors (Lipinski definition) is 4. The molecule has 21 heavy (non-hydrogen) atoms. The molecule has 0 unspecified atom stereocenters. The maximum atomic E-state index is 12.3. The number of fused-ring (bicyclic) bond motifs is 1. The number of carbonyl (C=O) groups is 1. The Hall–Kier alpha value is -2.41. The predicted octanol–water partition coefficient (Wildman–Crippen LogP) is 0.672. The molecule has 2 rings (SSSR count). The highest BCUT2D eigenvalue weighted by Crippen LogP contribution is 2.20. The van der Waals surface area contributed by atoms with Gasteiger partial charge in [0.2, 0.25) is 5.91 Å². The van der Waals surface area contributed by atoms with Crippen molar-refractivity contribution in [2.45, 2.75) is 32.2 Å². The highest BCUT2D eigenvalue weighted by molar-refractivity contribution is 6.04. The second-order valence-electron chi connectivity index (χ2n) is 4.95.